The zero-order chi connectivity index (χ0) is 14.1. The Morgan fingerprint density at radius 2 is 2.05 bits per heavy atom. The summed E-state index contributed by atoms with van der Waals surface area (Å²) in [5, 5.41) is 11.3. The Morgan fingerprint density at radius 1 is 1.30 bits per heavy atom. The number of fused-ring (bicyclic) bond motifs is 1. The molecular weight excluding hydrogens is 258 g/mol. The van der Waals surface area contributed by atoms with E-state index in [-0.39, 0.29) is 25.0 Å². The summed E-state index contributed by atoms with van der Waals surface area (Å²) in [6, 6.07) is 10.8. The van der Waals surface area contributed by atoms with E-state index >= 15 is 0 Å². The summed E-state index contributed by atoms with van der Waals surface area (Å²) in [5.41, 5.74) is 0.784. The molecule has 1 aliphatic rings. The fraction of sp³-hybridized carbons (Fsp3) is 0.267. The zero-order valence-electron chi connectivity index (χ0n) is 11.1. The molecule has 1 saturated heterocycles. The molecule has 5 nitrogen and oxygen atoms in total. The van der Waals surface area contributed by atoms with Crippen LogP contribution in [-0.2, 0) is 14.3 Å². The average molecular weight is 273 g/mol. The predicted molar refractivity (Wildman–Crippen MR) is 74.7 cm³/mol. The number of carbonyl (C=O) groups is 1. The van der Waals surface area contributed by atoms with Gasteiger partial charge in [-0.25, -0.2) is 0 Å². The number of phenolic OH excluding ortho intramolecular Hbond substituents is 1. The van der Waals surface area contributed by atoms with Crippen molar-refractivity contribution in [1.29, 1.82) is 0 Å². The lowest BCUT2D eigenvalue weighted by Crippen LogP contribution is -2.31. The highest BCUT2D eigenvalue weighted by Gasteiger charge is 2.33. The van der Waals surface area contributed by atoms with Crippen molar-refractivity contribution in [3.05, 3.63) is 36.4 Å². The number of methoxy groups -OCH3 is 1. The lowest BCUT2D eigenvalue weighted by atomic mass is 10.1. The van der Waals surface area contributed by atoms with E-state index in [4.69, 9.17) is 9.47 Å². The number of phenols is 1. The number of rotatable bonds is 3. The molecule has 104 valence electrons. The van der Waals surface area contributed by atoms with E-state index in [0.29, 0.717) is 0 Å². The molecule has 1 aliphatic heterocycles. The smallest absolute Gasteiger partial charge is 0.260 e. The zero-order valence-corrected chi connectivity index (χ0v) is 11.1. The molecular formula is C15H15NO4. The Bertz CT molecular complexity index is 655. The van der Waals surface area contributed by atoms with Gasteiger partial charge in [-0.1, -0.05) is 12.1 Å². The lowest BCUT2D eigenvalue weighted by molar-refractivity contribution is -0.124. The van der Waals surface area contributed by atoms with Crippen molar-refractivity contribution in [3.63, 3.8) is 0 Å². The van der Waals surface area contributed by atoms with Gasteiger partial charge in [-0.3, -0.25) is 9.69 Å². The van der Waals surface area contributed by atoms with Gasteiger partial charge in [0.15, 0.2) is 6.10 Å². The Labute approximate surface area is 116 Å². The molecule has 0 aromatic heterocycles. The van der Waals surface area contributed by atoms with Gasteiger partial charge in [0.05, 0.1) is 6.61 Å². The van der Waals surface area contributed by atoms with Crippen LogP contribution in [0.5, 0.6) is 5.75 Å². The molecule has 1 fully saturated rings. The number of hydrogen-bond acceptors (Lipinski definition) is 4. The highest BCUT2D eigenvalue weighted by Crippen LogP contribution is 2.27. The third-order valence-electron chi connectivity index (χ3n) is 3.38. The highest BCUT2D eigenvalue weighted by atomic mass is 16.6. The second-order valence-corrected chi connectivity index (χ2v) is 4.72. The monoisotopic (exact) mass is 273 g/mol. The first kappa shape index (κ1) is 12.9. The van der Waals surface area contributed by atoms with Crippen LogP contribution < -0.4 is 4.90 Å². The normalized spacial score (nSPS) is 18.9. The van der Waals surface area contributed by atoms with Gasteiger partial charge < -0.3 is 14.6 Å². The van der Waals surface area contributed by atoms with Gasteiger partial charge >= 0.3 is 0 Å². The summed E-state index contributed by atoms with van der Waals surface area (Å²) in [6.07, 6.45) is -0.532. The first-order chi connectivity index (χ1) is 9.69. The third kappa shape index (κ3) is 2.21. The number of ether oxygens (including phenoxy) is 2. The SMILES string of the molecule is COC[C@@H]1OCN(c2ccc3cc(O)ccc3c2)C1=O. The quantitative estimate of drug-likeness (QED) is 0.927. The van der Waals surface area contributed by atoms with Crippen LogP contribution in [0.25, 0.3) is 10.8 Å². The minimum absolute atomic E-state index is 0.0926. The molecule has 1 atom stereocenters. The Balaban J connectivity index is 1.91. The molecule has 2 aromatic carbocycles. The van der Waals surface area contributed by atoms with Gasteiger partial charge in [0.2, 0.25) is 0 Å². The van der Waals surface area contributed by atoms with E-state index in [9.17, 15) is 9.90 Å². The standard InChI is InChI=1S/C15H15NO4/c1-19-8-14-15(18)16(9-20-14)12-4-2-11-7-13(17)5-3-10(11)6-12/h2-7,14,17H,8-9H2,1H3/t14-/m0/s1. The minimum Gasteiger partial charge on any atom is -0.508 e. The summed E-state index contributed by atoms with van der Waals surface area (Å²) < 4.78 is 10.4. The number of carbonyl (C=O) groups excluding carboxylic acids is 1. The van der Waals surface area contributed by atoms with Crippen LogP contribution in [0.1, 0.15) is 0 Å². The summed E-state index contributed by atoms with van der Waals surface area (Å²) in [7, 11) is 1.54. The van der Waals surface area contributed by atoms with Crippen LogP contribution in [0.4, 0.5) is 5.69 Å². The first-order valence-electron chi connectivity index (χ1n) is 6.34. The lowest BCUT2D eigenvalue weighted by Gasteiger charge is -2.15. The molecule has 0 aliphatic carbocycles. The molecule has 0 unspecified atom stereocenters. The maximum atomic E-state index is 12.2. The molecule has 0 spiro atoms. The predicted octanol–water partition coefficient (Wildman–Crippen LogP) is 1.88. The molecule has 1 N–H and O–H groups in total. The largest absolute Gasteiger partial charge is 0.508 e. The van der Waals surface area contributed by atoms with Crippen molar-refractivity contribution < 1.29 is 19.4 Å². The molecule has 1 amide bonds. The summed E-state index contributed by atoms with van der Waals surface area (Å²) in [4.78, 5) is 13.8. The highest BCUT2D eigenvalue weighted by molar-refractivity contribution is 6.00. The van der Waals surface area contributed by atoms with E-state index < -0.39 is 6.10 Å². The van der Waals surface area contributed by atoms with Crippen molar-refractivity contribution >= 4 is 22.4 Å². The summed E-state index contributed by atoms with van der Waals surface area (Å²) in [6.45, 7) is 0.493. The van der Waals surface area contributed by atoms with Crippen molar-refractivity contribution in [2.45, 2.75) is 6.10 Å². The Hall–Kier alpha value is -2.11. The fourth-order valence-electron chi connectivity index (χ4n) is 2.33. The summed E-state index contributed by atoms with van der Waals surface area (Å²) in [5.74, 6) is 0.135. The number of hydrogen-bond donors (Lipinski definition) is 1. The van der Waals surface area contributed by atoms with Crippen molar-refractivity contribution in [2.24, 2.45) is 0 Å². The minimum atomic E-state index is -0.532. The maximum absolute atomic E-state index is 12.2. The fourth-order valence-corrected chi connectivity index (χ4v) is 2.33. The summed E-state index contributed by atoms with van der Waals surface area (Å²) >= 11 is 0. The van der Waals surface area contributed by atoms with Crippen LogP contribution in [0.2, 0.25) is 0 Å². The third-order valence-corrected chi connectivity index (χ3v) is 3.38. The van der Waals surface area contributed by atoms with Gasteiger partial charge in [-0.2, -0.15) is 0 Å². The molecule has 5 heteroatoms. The van der Waals surface area contributed by atoms with Gasteiger partial charge in [0.1, 0.15) is 12.5 Å². The Kier molecular flexibility index (Phi) is 3.30. The molecule has 0 bridgehead atoms. The molecule has 1 heterocycles. The molecule has 2 aromatic rings. The number of benzene rings is 2. The maximum Gasteiger partial charge on any atom is 0.260 e. The van der Waals surface area contributed by atoms with Gasteiger partial charge in [0.25, 0.3) is 5.91 Å². The van der Waals surface area contributed by atoms with Crippen molar-refractivity contribution in [1.82, 2.24) is 0 Å². The Morgan fingerprint density at radius 3 is 2.85 bits per heavy atom. The van der Waals surface area contributed by atoms with Gasteiger partial charge in [-0.15, -0.1) is 0 Å². The number of amides is 1. The number of nitrogens with zero attached hydrogens (tertiary/aromatic N) is 1. The molecule has 0 saturated carbocycles. The van der Waals surface area contributed by atoms with Crippen LogP contribution in [0, 0.1) is 0 Å². The second kappa shape index (κ2) is 5.11. The molecule has 20 heavy (non-hydrogen) atoms. The topological polar surface area (TPSA) is 59.0 Å². The second-order valence-electron chi connectivity index (χ2n) is 4.72. The van der Waals surface area contributed by atoms with E-state index in [1.807, 2.05) is 24.3 Å². The number of anilines is 1. The van der Waals surface area contributed by atoms with E-state index in [1.165, 1.54) is 0 Å². The van der Waals surface area contributed by atoms with Crippen molar-refractivity contribution in [3.8, 4) is 5.75 Å². The van der Waals surface area contributed by atoms with Gasteiger partial charge in [0, 0.05) is 12.8 Å². The van der Waals surface area contributed by atoms with Gasteiger partial charge in [-0.05, 0) is 35.0 Å². The van der Waals surface area contributed by atoms with Crippen LogP contribution in [0.15, 0.2) is 36.4 Å². The molecule has 0 radical (unpaired) electrons. The van der Waals surface area contributed by atoms with Crippen LogP contribution >= 0.6 is 0 Å². The van der Waals surface area contributed by atoms with E-state index in [2.05, 4.69) is 0 Å². The number of aromatic hydroxyl groups is 1. The van der Waals surface area contributed by atoms with E-state index in [0.717, 1.165) is 16.5 Å². The van der Waals surface area contributed by atoms with Crippen molar-refractivity contribution in [2.75, 3.05) is 25.3 Å². The van der Waals surface area contributed by atoms with E-state index in [1.54, 1.807) is 24.1 Å². The average Bonchev–Trinajstić information content (AvgIpc) is 2.80. The molecule has 3 rings (SSSR count). The van der Waals surface area contributed by atoms with Crippen LogP contribution in [0.3, 0.4) is 0 Å². The van der Waals surface area contributed by atoms with Crippen LogP contribution in [-0.4, -0.2) is 37.6 Å². The first-order valence-corrected chi connectivity index (χ1v) is 6.34.